The summed E-state index contributed by atoms with van der Waals surface area (Å²) in [4.78, 5) is 30.3. The highest BCUT2D eigenvalue weighted by Crippen LogP contribution is 2.29. The Balaban J connectivity index is 1.67. The van der Waals surface area contributed by atoms with Crippen LogP contribution in [0.25, 0.3) is 0 Å². The topological polar surface area (TPSA) is 76.1 Å². The lowest BCUT2D eigenvalue weighted by molar-refractivity contribution is -0.132. The van der Waals surface area contributed by atoms with Gasteiger partial charge < -0.3 is 15.3 Å². The van der Waals surface area contributed by atoms with Crippen molar-refractivity contribution in [1.29, 1.82) is 0 Å². The van der Waals surface area contributed by atoms with Crippen LogP contribution in [-0.2, 0) is 10.3 Å². The van der Waals surface area contributed by atoms with Crippen LogP contribution in [0.3, 0.4) is 0 Å². The van der Waals surface area contributed by atoms with E-state index in [4.69, 9.17) is 0 Å². The third kappa shape index (κ3) is 3.95. The molecule has 2 fully saturated rings. The Kier molecular flexibility index (Phi) is 5.45. The maximum atomic E-state index is 13.6. The molecule has 2 unspecified atom stereocenters. The number of nitrogens with one attached hydrogen (secondary N) is 1. The first-order chi connectivity index (χ1) is 12.7. The molecule has 0 saturated carbocycles. The molecular weight excluding hydrogens is 358 g/mol. The average Bonchev–Trinajstić information content (AvgIpc) is 2.83. The molecule has 0 bridgehead atoms. The number of amides is 3. The molecule has 27 heavy (non-hydrogen) atoms. The number of hydrogen-bond acceptors (Lipinski definition) is 5. The highest BCUT2D eigenvalue weighted by molar-refractivity contribution is 6.07. The molecule has 3 amide bonds. The van der Waals surface area contributed by atoms with Crippen molar-refractivity contribution in [3.05, 3.63) is 35.4 Å². The molecule has 0 spiro atoms. The van der Waals surface area contributed by atoms with Crippen LogP contribution in [0.5, 0.6) is 0 Å². The van der Waals surface area contributed by atoms with E-state index < -0.39 is 35.2 Å². The minimum absolute atomic E-state index is 0.149. The van der Waals surface area contributed by atoms with E-state index in [9.17, 15) is 23.5 Å². The van der Waals surface area contributed by atoms with E-state index >= 15 is 0 Å². The Morgan fingerprint density at radius 3 is 2.44 bits per heavy atom. The van der Waals surface area contributed by atoms with Crippen molar-refractivity contribution in [2.45, 2.75) is 18.6 Å². The van der Waals surface area contributed by atoms with Crippen LogP contribution in [0.2, 0.25) is 0 Å². The van der Waals surface area contributed by atoms with Gasteiger partial charge in [-0.05, 0) is 31.7 Å². The number of halogens is 2. The monoisotopic (exact) mass is 382 g/mol. The highest BCUT2D eigenvalue weighted by atomic mass is 19.2. The van der Waals surface area contributed by atoms with Crippen LogP contribution >= 0.6 is 0 Å². The molecule has 2 N–H and O–H groups in total. The van der Waals surface area contributed by atoms with Crippen LogP contribution in [-0.4, -0.2) is 84.2 Å². The van der Waals surface area contributed by atoms with E-state index in [-0.39, 0.29) is 12.1 Å². The van der Waals surface area contributed by atoms with Gasteiger partial charge in [-0.2, -0.15) is 0 Å². The van der Waals surface area contributed by atoms with Crippen LogP contribution < -0.4 is 5.32 Å². The molecule has 2 aliphatic heterocycles. The Morgan fingerprint density at radius 1 is 1.15 bits per heavy atom. The normalized spacial score (nSPS) is 25.7. The lowest BCUT2D eigenvalue weighted by atomic mass is 9.92. The van der Waals surface area contributed by atoms with Gasteiger partial charge in [-0.15, -0.1) is 0 Å². The minimum atomic E-state index is -1.50. The zero-order valence-electron chi connectivity index (χ0n) is 15.4. The number of piperazine rings is 1. The second kappa shape index (κ2) is 7.49. The summed E-state index contributed by atoms with van der Waals surface area (Å²) in [6.07, 6.45) is -0.893. The zero-order valence-corrected chi connectivity index (χ0v) is 15.4. The molecule has 2 atom stereocenters. The number of aliphatic hydroxyl groups excluding tert-OH is 1. The van der Waals surface area contributed by atoms with Gasteiger partial charge >= 0.3 is 6.03 Å². The maximum Gasteiger partial charge on any atom is 0.325 e. The van der Waals surface area contributed by atoms with Crippen molar-refractivity contribution in [3.63, 3.8) is 0 Å². The number of nitrogens with zero attached hydrogens (tertiary/aromatic N) is 3. The van der Waals surface area contributed by atoms with E-state index in [1.807, 2.05) is 7.05 Å². The van der Waals surface area contributed by atoms with Crippen molar-refractivity contribution in [2.24, 2.45) is 0 Å². The largest absolute Gasteiger partial charge is 0.390 e. The Hall–Kier alpha value is -2.10. The summed E-state index contributed by atoms with van der Waals surface area (Å²) in [5.74, 6) is -2.72. The second-order valence-electron chi connectivity index (χ2n) is 7.36. The standard InChI is InChI=1S/C18H24F2N4O3/c1-18(12-3-4-14(19)15(20)9-12)16(26)24(17(27)21-18)11-13(25)10-23-7-5-22(2)6-8-23/h3-4,9,13,25H,5-8,10-11H2,1-2H3,(H,21,27). The summed E-state index contributed by atoms with van der Waals surface area (Å²) in [7, 11) is 2.03. The van der Waals surface area contributed by atoms with Gasteiger partial charge in [-0.3, -0.25) is 14.6 Å². The van der Waals surface area contributed by atoms with E-state index in [2.05, 4.69) is 15.1 Å². The molecule has 0 radical (unpaired) electrons. The summed E-state index contributed by atoms with van der Waals surface area (Å²) >= 11 is 0. The van der Waals surface area contributed by atoms with Crippen LogP contribution in [0.1, 0.15) is 12.5 Å². The number of β-amino-alcohol motifs (C(OH)–C–C–N with tert-alkyl or cyclic N) is 1. The number of likely N-dealkylation sites (N-methyl/N-ethyl adjacent to an activating group) is 1. The molecule has 3 rings (SSSR count). The van der Waals surface area contributed by atoms with Crippen LogP contribution in [0, 0.1) is 11.6 Å². The van der Waals surface area contributed by atoms with Crippen molar-refractivity contribution in [2.75, 3.05) is 46.3 Å². The molecule has 2 heterocycles. The number of hydrogen-bond donors (Lipinski definition) is 2. The number of aliphatic hydroxyl groups is 1. The van der Waals surface area contributed by atoms with E-state index in [1.54, 1.807) is 0 Å². The quantitative estimate of drug-likeness (QED) is 0.719. The predicted molar refractivity (Wildman–Crippen MR) is 93.9 cm³/mol. The fraction of sp³-hybridized carbons (Fsp3) is 0.556. The summed E-state index contributed by atoms with van der Waals surface area (Å²) in [5.41, 5.74) is -1.35. The van der Waals surface area contributed by atoms with Crippen molar-refractivity contribution in [1.82, 2.24) is 20.0 Å². The first-order valence-electron chi connectivity index (χ1n) is 8.89. The molecule has 1 aromatic rings. The first kappa shape index (κ1) is 19.7. The van der Waals surface area contributed by atoms with Crippen molar-refractivity contribution >= 4 is 11.9 Å². The Bertz CT molecular complexity index is 739. The molecular formula is C18H24F2N4O3. The summed E-state index contributed by atoms with van der Waals surface area (Å²) < 4.78 is 26.7. The number of carbonyl (C=O) groups excluding carboxylic acids is 2. The van der Waals surface area contributed by atoms with E-state index in [1.165, 1.54) is 13.0 Å². The van der Waals surface area contributed by atoms with E-state index in [0.29, 0.717) is 6.54 Å². The lowest BCUT2D eigenvalue weighted by Crippen LogP contribution is -2.49. The van der Waals surface area contributed by atoms with Gasteiger partial charge in [0.05, 0.1) is 12.6 Å². The fourth-order valence-electron chi connectivity index (χ4n) is 3.46. The number of carbonyl (C=O) groups is 2. The molecule has 7 nitrogen and oxygen atoms in total. The number of rotatable bonds is 5. The summed E-state index contributed by atoms with van der Waals surface area (Å²) in [5, 5.41) is 12.9. The molecule has 0 aliphatic carbocycles. The van der Waals surface area contributed by atoms with Crippen molar-refractivity contribution < 1.29 is 23.5 Å². The average molecular weight is 382 g/mol. The van der Waals surface area contributed by atoms with Gasteiger partial charge in [0.2, 0.25) is 0 Å². The summed E-state index contributed by atoms with van der Waals surface area (Å²) in [6, 6.07) is 2.42. The molecule has 1 aromatic carbocycles. The number of urea groups is 1. The molecule has 0 aromatic heterocycles. The molecule has 9 heteroatoms. The second-order valence-corrected chi connectivity index (χ2v) is 7.36. The lowest BCUT2D eigenvalue weighted by Gasteiger charge is -2.34. The van der Waals surface area contributed by atoms with Gasteiger partial charge in [0.1, 0.15) is 5.54 Å². The third-order valence-electron chi connectivity index (χ3n) is 5.23. The van der Waals surface area contributed by atoms with Gasteiger partial charge in [0.15, 0.2) is 11.6 Å². The van der Waals surface area contributed by atoms with Crippen molar-refractivity contribution in [3.8, 4) is 0 Å². The van der Waals surface area contributed by atoms with E-state index in [0.717, 1.165) is 43.2 Å². The SMILES string of the molecule is CN1CCN(CC(O)CN2C(=O)NC(C)(c3ccc(F)c(F)c3)C2=O)CC1. The number of imide groups is 1. The van der Waals surface area contributed by atoms with Gasteiger partial charge in [0.25, 0.3) is 5.91 Å². The molecule has 148 valence electrons. The first-order valence-corrected chi connectivity index (χ1v) is 8.89. The molecule has 2 saturated heterocycles. The Morgan fingerprint density at radius 2 is 1.81 bits per heavy atom. The Labute approximate surface area is 156 Å². The van der Waals surface area contributed by atoms with Crippen LogP contribution in [0.15, 0.2) is 18.2 Å². The molecule has 2 aliphatic rings. The predicted octanol–water partition coefficient (Wildman–Crippen LogP) is 0.340. The van der Waals surface area contributed by atoms with Crippen LogP contribution in [0.4, 0.5) is 13.6 Å². The third-order valence-corrected chi connectivity index (χ3v) is 5.23. The van der Waals surface area contributed by atoms with Gasteiger partial charge in [0, 0.05) is 32.7 Å². The fourth-order valence-corrected chi connectivity index (χ4v) is 3.46. The van der Waals surface area contributed by atoms with Gasteiger partial charge in [-0.25, -0.2) is 13.6 Å². The zero-order chi connectivity index (χ0) is 19.8. The number of benzene rings is 1. The maximum absolute atomic E-state index is 13.6. The van der Waals surface area contributed by atoms with Gasteiger partial charge in [-0.1, -0.05) is 6.07 Å². The summed E-state index contributed by atoms with van der Waals surface area (Å²) in [6.45, 7) is 5.03. The highest BCUT2D eigenvalue weighted by Gasteiger charge is 2.49. The smallest absolute Gasteiger partial charge is 0.325 e. The minimum Gasteiger partial charge on any atom is -0.390 e.